The number of carbonyl (C=O) groups is 1. The van der Waals surface area contributed by atoms with Gasteiger partial charge in [-0.2, -0.15) is 0 Å². The quantitative estimate of drug-likeness (QED) is 0.922. The summed E-state index contributed by atoms with van der Waals surface area (Å²) in [6, 6.07) is 7.30. The number of rotatable bonds is 5. The van der Waals surface area contributed by atoms with Crippen molar-refractivity contribution in [1.29, 1.82) is 0 Å². The fourth-order valence-corrected chi connectivity index (χ4v) is 3.05. The van der Waals surface area contributed by atoms with Crippen LogP contribution in [-0.2, 0) is 17.8 Å². The van der Waals surface area contributed by atoms with Crippen LogP contribution in [0.1, 0.15) is 43.9 Å². The molecule has 1 aliphatic carbocycles. The molecular formula is C18H21NO3. The van der Waals surface area contributed by atoms with Crippen molar-refractivity contribution in [3.63, 3.8) is 0 Å². The predicted octanol–water partition coefficient (Wildman–Crippen LogP) is 3.16. The summed E-state index contributed by atoms with van der Waals surface area (Å²) < 4.78 is 2.08. The largest absolute Gasteiger partial charge is 0.481 e. The normalized spacial score (nSPS) is 14.7. The average Bonchev–Trinajstić information content (AvgIpc) is 3.25. The zero-order valence-corrected chi connectivity index (χ0v) is 13.0. The molecule has 4 heteroatoms. The smallest absolute Gasteiger partial charge is 0.309 e. The second-order valence-electron chi connectivity index (χ2n) is 6.52. The summed E-state index contributed by atoms with van der Waals surface area (Å²) in [6.07, 6.45) is 2.26. The third-order valence-corrected chi connectivity index (χ3v) is 4.34. The van der Waals surface area contributed by atoms with E-state index in [0.717, 1.165) is 17.6 Å². The van der Waals surface area contributed by atoms with E-state index in [2.05, 4.69) is 18.4 Å². The van der Waals surface area contributed by atoms with Gasteiger partial charge in [0.1, 0.15) is 0 Å². The Morgan fingerprint density at radius 2 is 2.09 bits per heavy atom. The minimum absolute atomic E-state index is 0.0826. The van der Waals surface area contributed by atoms with Crippen molar-refractivity contribution in [2.45, 2.75) is 45.6 Å². The number of para-hydroxylation sites is 1. The molecule has 1 aromatic carbocycles. The van der Waals surface area contributed by atoms with Gasteiger partial charge in [-0.15, -0.1) is 0 Å². The molecule has 1 saturated carbocycles. The molecule has 2 aromatic rings. The van der Waals surface area contributed by atoms with Gasteiger partial charge in [0.05, 0.1) is 11.9 Å². The van der Waals surface area contributed by atoms with Gasteiger partial charge in [-0.3, -0.25) is 9.59 Å². The monoisotopic (exact) mass is 299 g/mol. The molecule has 1 aromatic heterocycles. The third kappa shape index (κ3) is 2.78. The number of aliphatic carboxylic acids is 1. The summed E-state index contributed by atoms with van der Waals surface area (Å²) in [5, 5.41) is 9.86. The van der Waals surface area contributed by atoms with E-state index in [0.29, 0.717) is 17.0 Å². The zero-order valence-electron chi connectivity index (χ0n) is 13.0. The van der Waals surface area contributed by atoms with Crippen molar-refractivity contribution in [3.8, 4) is 0 Å². The molecule has 116 valence electrons. The lowest BCUT2D eigenvalue weighted by Gasteiger charge is -2.20. The fourth-order valence-electron chi connectivity index (χ4n) is 3.05. The Kier molecular flexibility index (Phi) is 3.77. The van der Waals surface area contributed by atoms with Gasteiger partial charge in [-0.25, -0.2) is 0 Å². The van der Waals surface area contributed by atoms with Crippen LogP contribution in [0.25, 0.3) is 10.9 Å². The molecule has 0 aliphatic heterocycles. The highest BCUT2D eigenvalue weighted by molar-refractivity contribution is 5.84. The minimum atomic E-state index is -0.898. The number of benzene rings is 1. The van der Waals surface area contributed by atoms with Crippen LogP contribution in [0.2, 0.25) is 0 Å². The van der Waals surface area contributed by atoms with Gasteiger partial charge in [0.15, 0.2) is 5.43 Å². The molecule has 1 fully saturated rings. The number of carboxylic acids is 1. The number of hydrogen-bond donors (Lipinski definition) is 1. The summed E-state index contributed by atoms with van der Waals surface area (Å²) in [6.45, 7) is 5.01. The fraction of sp³-hybridized carbons (Fsp3) is 0.444. The first kappa shape index (κ1) is 14.8. The number of pyridine rings is 1. The molecule has 0 amide bonds. The summed E-state index contributed by atoms with van der Waals surface area (Å²) in [5.74, 6) is -0.00239. The van der Waals surface area contributed by atoms with Gasteiger partial charge in [0, 0.05) is 23.7 Å². The van der Waals surface area contributed by atoms with Crippen LogP contribution in [0.3, 0.4) is 0 Å². The second-order valence-corrected chi connectivity index (χ2v) is 6.52. The van der Waals surface area contributed by atoms with Crippen molar-refractivity contribution < 1.29 is 9.90 Å². The van der Waals surface area contributed by atoms with E-state index >= 15 is 0 Å². The predicted molar refractivity (Wildman–Crippen MR) is 86.4 cm³/mol. The van der Waals surface area contributed by atoms with Crippen LogP contribution >= 0.6 is 0 Å². The van der Waals surface area contributed by atoms with E-state index in [1.807, 2.05) is 18.2 Å². The van der Waals surface area contributed by atoms with Crippen LogP contribution in [0.5, 0.6) is 0 Å². The van der Waals surface area contributed by atoms with E-state index in [-0.39, 0.29) is 17.8 Å². The van der Waals surface area contributed by atoms with E-state index < -0.39 is 5.97 Å². The lowest BCUT2D eigenvalue weighted by molar-refractivity contribution is -0.136. The van der Waals surface area contributed by atoms with Gasteiger partial charge >= 0.3 is 5.97 Å². The number of fused-ring (bicyclic) bond motifs is 1. The Morgan fingerprint density at radius 1 is 1.36 bits per heavy atom. The van der Waals surface area contributed by atoms with Gasteiger partial charge in [-0.1, -0.05) is 26.0 Å². The van der Waals surface area contributed by atoms with Gasteiger partial charge in [0.25, 0.3) is 0 Å². The molecule has 0 spiro atoms. The Balaban J connectivity index is 2.32. The molecule has 4 nitrogen and oxygen atoms in total. The van der Waals surface area contributed by atoms with Crippen LogP contribution in [0.4, 0.5) is 0 Å². The topological polar surface area (TPSA) is 59.3 Å². The third-order valence-electron chi connectivity index (χ3n) is 4.34. The standard InChI is InChI=1S/C18H21NO3/c1-11(2)14-4-3-5-15-16(20)8-13(9-17(21)22)19(18(14)15)10-12-6-7-12/h3-5,8,11-12H,6-7,9-10H2,1-2H3,(H,21,22). The van der Waals surface area contributed by atoms with Crippen molar-refractivity contribution >= 4 is 16.9 Å². The molecule has 1 heterocycles. The highest BCUT2D eigenvalue weighted by atomic mass is 16.4. The summed E-state index contributed by atoms with van der Waals surface area (Å²) in [7, 11) is 0. The highest BCUT2D eigenvalue weighted by Gasteiger charge is 2.25. The van der Waals surface area contributed by atoms with Gasteiger partial charge < -0.3 is 9.67 Å². The summed E-state index contributed by atoms with van der Waals surface area (Å²) in [5.41, 5.74) is 2.57. The molecule has 22 heavy (non-hydrogen) atoms. The van der Waals surface area contributed by atoms with Crippen LogP contribution in [0.15, 0.2) is 29.1 Å². The SMILES string of the molecule is CC(C)c1cccc2c(=O)cc(CC(=O)O)n(CC3CC3)c12. The summed E-state index contributed by atoms with van der Waals surface area (Å²) >= 11 is 0. The first-order valence-corrected chi connectivity index (χ1v) is 7.84. The number of nitrogens with zero attached hydrogens (tertiary/aromatic N) is 1. The molecule has 0 atom stereocenters. The lowest BCUT2D eigenvalue weighted by atomic mass is 9.98. The van der Waals surface area contributed by atoms with Crippen LogP contribution in [0, 0.1) is 5.92 Å². The Labute approximate surface area is 129 Å². The molecule has 3 rings (SSSR count). The molecule has 1 N–H and O–H groups in total. The van der Waals surface area contributed by atoms with E-state index in [1.165, 1.54) is 18.9 Å². The zero-order chi connectivity index (χ0) is 15.9. The first-order valence-electron chi connectivity index (χ1n) is 7.84. The van der Waals surface area contributed by atoms with Gasteiger partial charge in [-0.05, 0) is 36.3 Å². The molecule has 1 aliphatic rings. The van der Waals surface area contributed by atoms with Crippen molar-refractivity contribution in [2.75, 3.05) is 0 Å². The maximum Gasteiger partial charge on any atom is 0.309 e. The average molecular weight is 299 g/mol. The maximum absolute atomic E-state index is 12.4. The molecular weight excluding hydrogens is 278 g/mol. The van der Waals surface area contributed by atoms with Crippen molar-refractivity contribution in [2.24, 2.45) is 5.92 Å². The maximum atomic E-state index is 12.4. The molecule has 0 unspecified atom stereocenters. The van der Waals surface area contributed by atoms with Gasteiger partial charge in [0.2, 0.25) is 0 Å². The first-order chi connectivity index (χ1) is 10.5. The van der Waals surface area contributed by atoms with E-state index in [9.17, 15) is 9.59 Å². The number of carboxylic acid groups (broad SMARTS) is 1. The minimum Gasteiger partial charge on any atom is -0.481 e. The molecule has 0 radical (unpaired) electrons. The molecule has 0 saturated heterocycles. The van der Waals surface area contributed by atoms with E-state index in [4.69, 9.17) is 5.11 Å². The second kappa shape index (κ2) is 5.59. The van der Waals surface area contributed by atoms with Crippen molar-refractivity contribution in [1.82, 2.24) is 4.57 Å². The number of hydrogen-bond acceptors (Lipinski definition) is 2. The highest BCUT2D eigenvalue weighted by Crippen LogP contribution is 2.33. The van der Waals surface area contributed by atoms with E-state index in [1.54, 1.807) is 0 Å². The van der Waals surface area contributed by atoms with Crippen LogP contribution < -0.4 is 5.43 Å². The molecule has 0 bridgehead atoms. The van der Waals surface area contributed by atoms with Crippen molar-refractivity contribution in [3.05, 3.63) is 45.7 Å². The Morgan fingerprint density at radius 3 is 2.68 bits per heavy atom. The Bertz CT molecular complexity index is 785. The Hall–Kier alpha value is -2.10. The number of aromatic nitrogens is 1. The van der Waals surface area contributed by atoms with Crippen LogP contribution in [-0.4, -0.2) is 15.6 Å². The summed E-state index contributed by atoms with van der Waals surface area (Å²) in [4.78, 5) is 23.6. The lowest BCUT2D eigenvalue weighted by Crippen LogP contribution is -2.19.